The highest BCUT2D eigenvalue weighted by molar-refractivity contribution is 6.31. The predicted octanol–water partition coefficient (Wildman–Crippen LogP) is 2.57. The van der Waals surface area contributed by atoms with Gasteiger partial charge in [0.05, 0.1) is 4.92 Å². The third-order valence-corrected chi connectivity index (χ3v) is 2.59. The van der Waals surface area contributed by atoms with Crippen LogP contribution in [-0.4, -0.2) is 22.9 Å². The number of nitrogens with zero attached hydrogens (tertiary/aromatic N) is 1. The van der Waals surface area contributed by atoms with Crippen molar-refractivity contribution in [2.75, 3.05) is 5.32 Å². The highest BCUT2D eigenvalue weighted by Crippen LogP contribution is 2.28. The Balaban J connectivity index is 2.89. The number of hydrogen-bond donors (Lipinski definition) is 2. The van der Waals surface area contributed by atoms with Crippen LogP contribution in [0.5, 0.6) is 0 Å². The van der Waals surface area contributed by atoms with Crippen LogP contribution in [0.2, 0.25) is 5.02 Å². The third-order valence-electron chi connectivity index (χ3n) is 2.35. The lowest BCUT2D eigenvalue weighted by atomic mass is 10.2. The van der Waals surface area contributed by atoms with Gasteiger partial charge in [0.2, 0.25) is 5.91 Å². The zero-order chi connectivity index (χ0) is 14.6. The Morgan fingerprint density at radius 3 is 2.53 bits per heavy atom. The van der Waals surface area contributed by atoms with Gasteiger partial charge in [-0.3, -0.25) is 14.9 Å². The topological polar surface area (TPSA) is 84.3 Å². The van der Waals surface area contributed by atoms with Crippen LogP contribution in [0.3, 0.4) is 0 Å². The number of anilines is 1. The molecule has 0 bridgehead atoms. The molecule has 0 saturated carbocycles. The number of nitro benzene ring substituents is 1. The van der Waals surface area contributed by atoms with Gasteiger partial charge in [-0.15, -0.1) is 0 Å². The molecule has 2 N–H and O–H groups in total. The summed E-state index contributed by atoms with van der Waals surface area (Å²) in [6.45, 7) is 5.31. The number of halogens is 1. The summed E-state index contributed by atoms with van der Waals surface area (Å²) in [7, 11) is 0. The van der Waals surface area contributed by atoms with Crippen molar-refractivity contribution >= 4 is 28.9 Å². The summed E-state index contributed by atoms with van der Waals surface area (Å²) in [5.74, 6) is -0.232. The molecular weight excluding hydrogens is 270 g/mol. The molecule has 1 aromatic rings. The summed E-state index contributed by atoms with van der Waals surface area (Å²) in [4.78, 5) is 22.1. The summed E-state index contributed by atoms with van der Waals surface area (Å²) in [6.07, 6.45) is 0. The first-order chi connectivity index (χ1) is 8.81. The number of carbonyl (C=O) groups excluding carboxylic acids is 1. The van der Waals surface area contributed by atoms with Crippen LogP contribution in [0.15, 0.2) is 18.2 Å². The zero-order valence-corrected chi connectivity index (χ0v) is 11.7. The van der Waals surface area contributed by atoms with Crippen molar-refractivity contribution in [3.63, 3.8) is 0 Å². The molecule has 7 heteroatoms. The molecule has 1 unspecified atom stereocenters. The van der Waals surface area contributed by atoms with Gasteiger partial charge in [-0.2, -0.15) is 0 Å². The van der Waals surface area contributed by atoms with Crippen molar-refractivity contribution in [2.24, 2.45) is 0 Å². The molecular formula is C12H16ClN3O3. The molecule has 1 atom stereocenters. The van der Waals surface area contributed by atoms with Crippen LogP contribution in [0.4, 0.5) is 11.4 Å². The van der Waals surface area contributed by atoms with Crippen LogP contribution in [-0.2, 0) is 4.79 Å². The Labute approximate surface area is 116 Å². The molecule has 19 heavy (non-hydrogen) atoms. The van der Waals surface area contributed by atoms with E-state index in [1.807, 2.05) is 13.8 Å². The molecule has 1 rings (SSSR count). The van der Waals surface area contributed by atoms with Crippen molar-refractivity contribution in [3.05, 3.63) is 33.3 Å². The molecule has 1 aromatic carbocycles. The molecule has 104 valence electrons. The molecule has 0 aliphatic carbocycles. The van der Waals surface area contributed by atoms with Crippen LogP contribution in [0.1, 0.15) is 20.8 Å². The fourth-order valence-corrected chi connectivity index (χ4v) is 1.66. The Kier molecular flexibility index (Phi) is 5.11. The van der Waals surface area contributed by atoms with Gasteiger partial charge in [0.1, 0.15) is 11.7 Å². The second-order valence-electron chi connectivity index (χ2n) is 4.45. The maximum absolute atomic E-state index is 11.7. The van der Waals surface area contributed by atoms with Crippen molar-refractivity contribution in [1.82, 2.24) is 5.32 Å². The van der Waals surface area contributed by atoms with E-state index in [1.165, 1.54) is 18.2 Å². The Morgan fingerprint density at radius 1 is 1.37 bits per heavy atom. The van der Waals surface area contributed by atoms with E-state index in [1.54, 1.807) is 6.92 Å². The Morgan fingerprint density at radius 2 is 2.00 bits per heavy atom. The summed E-state index contributed by atoms with van der Waals surface area (Å²) in [6, 6.07) is 3.57. The summed E-state index contributed by atoms with van der Waals surface area (Å²) < 4.78 is 0. The van der Waals surface area contributed by atoms with Crippen LogP contribution in [0, 0.1) is 10.1 Å². The van der Waals surface area contributed by atoms with E-state index in [0.29, 0.717) is 5.02 Å². The van der Waals surface area contributed by atoms with E-state index in [9.17, 15) is 14.9 Å². The highest BCUT2D eigenvalue weighted by Gasteiger charge is 2.19. The van der Waals surface area contributed by atoms with Gasteiger partial charge in [-0.25, -0.2) is 0 Å². The van der Waals surface area contributed by atoms with E-state index in [0.717, 1.165) is 0 Å². The lowest BCUT2D eigenvalue weighted by Crippen LogP contribution is -2.41. The van der Waals surface area contributed by atoms with Crippen LogP contribution >= 0.6 is 11.6 Å². The quantitative estimate of drug-likeness (QED) is 0.643. The molecule has 0 aromatic heterocycles. The average Bonchev–Trinajstić information content (AvgIpc) is 2.27. The van der Waals surface area contributed by atoms with Gasteiger partial charge < -0.3 is 10.6 Å². The van der Waals surface area contributed by atoms with Crippen LogP contribution < -0.4 is 10.6 Å². The van der Waals surface area contributed by atoms with Crippen molar-refractivity contribution in [1.29, 1.82) is 0 Å². The molecule has 0 aliphatic rings. The minimum atomic E-state index is -0.598. The first-order valence-electron chi connectivity index (χ1n) is 5.82. The number of benzene rings is 1. The number of hydrogen-bond acceptors (Lipinski definition) is 4. The van der Waals surface area contributed by atoms with Crippen molar-refractivity contribution in [2.45, 2.75) is 32.9 Å². The monoisotopic (exact) mass is 285 g/mol. The van der Waals surface area contributed by atoms with E-state index < -0.39 is 11.0 Å². The van der Waals surface area contributed by atoms with Crippen molar-refractivity contribution in [3.8, 4) is 0 Å². The fourth-order valence-electron chi connectivity index (χ4n) is 1.49. The number of rotatable bonds is 5. The Hall–Kier alpha value is -1.82. The minimum Gasteiger partial charge on any atom is -0.368 e. The largest absolute Gasteiger partial charge is 0.368 e. The molecule has 0 fully saturated rings. The molecule has 6 nitrogen and oxygen atoms in total. The zero-order valence-electron chi connectivity index (χ0n) is 10.9. The number of nitrogens with one attached hydrogen (secondary N) is 2. The van der Waals surface area contributed by atoms with Gasteiger partial charge in [-0.05, 0) is 32.9 Å². The second-order valence-corrected chi connectivity index (χ2v) is 4.88. The third kappa shape index (κ3) is 4.40. The normalized spacial score (nSPS) is 12.1. The van der Waals surface area contributed by atoms with Crippen LogP contribution in [0.25, 0.3) is 0 Å². The highest BCUT2D eigenvalue weighted by atomic mass is 35.5. The molecule has 0 aliphatic heterocycles. The second kappa shape index (κ2) is 6.38. The first-order valence-corrected chi connectivity index (χ1v) is 6.20. The number of amides is 1. The summed E-state index contributed by atoms with van der Waals surface area (Å²) in [5, 5.41) is 16.8. The summed E-state index contributed by atoms with van der Waals surface area (Å²) >= 11 is 5.81. The molecule has 1 amide bonds. The van der Waals surface area contributed by atoms with Gasteiger partial charge in [0.25, 0.3) is 5.69 Å². The summed E-state index contributed by atoms with van der Waals surface area (Å²) in [5.41, 5.74) is 0.109. The average molecular weight is 286 g/mol. The molecule has 0 saturated heterocycles. The van der Waals surface area contributed by atoms with Crippen molar-refractivity contribution < 1.29 is 9.72 Å². The molecule has 0 spiro atoms. The smallest absolute Gasteiger partial charge is 0.292 e. The lowest BCUT2D eigenvalue weighted by Gasteiger charge is -2.17. The fraction of sp³-hybridized carbons (Fsp3) is 0.417. The molecule has 0 radical (unpaired) electrons. The van der Waals surface area contributed by atoms with Gasteiger partial charge >= 0.3 is 0 Å². The number of carbonyl (C=O) groups is 1. The van der Waals surface area contributed by atoms with Gasteiger partial charge in [-0.1, -0.05) is 11.6 Å². The van der Waals surface area contributed by atoms with Gasteiger partial charge in [0, 0.05) is 17.1 Å². The first kappa shape index (κ1) is 15.2. The van der Waals surface area contributed by atoms with E-state index >= 15 is 0 Å². The molecule has 0 heterocycles. The van der Waals surface area contributed by atoms with E-state index in [4.69, 9.17) is 11.6 Å². The standard InChI is InChI=1S/C12H16ClN3O3/c1-7(2)14-12(17)8(3)15-10-6-9(13)4-5-11(10)16(18)19/h4-8,15H,1-3H3,(H,14,17). The van der Waals surface area contributed by atoms with Gasteiger partial charge in [0.15, 0.2) is 0 Å². The maximum atomic E-state index is 11.7. The SMILES string of the molecule is CC(C)NC(=O)C(C)Nc1cc(Cl)ccc1[N+](=O)[O-]. The Bertz CT molecular complexity index is 491. The van der Waals surface area contributed by atoms with E-state index in [-0.39, 0.29) is 23.3 Å². The lowest BCUT2D eigenvalue weighted by molar-refractivity contribution is -0.384. The maximum Gasteiger partial charge on any atom is 0.292 e. The predicted molar refractivity (Wildman–Crippen MR) is 74.5 cm³/mol. The number of nitro groups is 1. The minimum absolute atomic E-state index is 0.00565. The van der Waals surface area contributed by atoms with E-state index in [2.05, 4.69) is 10.6 Å².